The zero-order valence-electron chi connectivity index (χ0n) is 12.1. The van der Waals surface area contributed by atoms with Crippen molar-refractivity contribution in [3.05, 3.63) is 71.8 Å². The van der Waals surface area contributed by atoms with Gasteiger partial charge in [0.15, 0.2) is 0 Å². The van der Waals surface area contributed by atoms with E-state index in [0.29, 0.717) is 6.54 Å². The molecule has 0 amide bonds. The SMILES string of the molecule is C[NH+](CC(=O)[C@H](C#N)c1ccccc1)Cc1ccccc1. The van der Waals surface area contributed by atoms with Crippen molar-refractivity contribution in [2.24, 2.45) is 0 Å². The van der Waals surface area contributed by atoms with Gasteiger partial charge in [0.1, 0.15) is 19.0 Å². The monoisotopic (exact) mass is 279 g/mol. The molecule has 0 heterocycles. The first kappa shape index (κ1) is 15.0. The number of likely N-dealkylation sites (N-methyl/N-ethyl adjacent to an activating group) is 1. The molecule has 0 aliphatic heterocycles. The number of carbonyl (C=O) groups is 1. The predicted octanol–water partition coefficient (Wildman–Crippen LogP) is 1.58. The van der Waals surface area contributed by atoms with Crippen molar-refractivity contribution in [3.63, 3.8) is 0 Å². The number of quaternary nitrogens is 1. The van der Waals surface area contributed by atoms with Crippen LogP contribution in [-0.2, 0) is 11.3 Å². The summed E-state index contributed by atoms with van der Waals surface area (Å²) in [5, 5.41) is 9.27. The van der Waals surface area contributed by atoms with Crippen molar-refractivity contribution in [1.82, 2.24) is 0 Å². The quantitative estimate of drug-likeness (QED) is 0.872. The molecule has 0 saturated heterocycles. The average Bonchev–Trinajstić information content (AvgIpc) is 2.50. The zero-order chi connectivity index (χ0) is 15.1. The molecule has 0 aromatic heterocycles. The highest BCUT2D eigenvalue weighted by Crippen LogP contribution is 2.14. The van der Waals surface area contributed by atoms with Gasteiger partial charge in [0, 0.05) is 5.56 Å². The van der Waals surface area contributed by atoms with E-state index >= 15 is 0 Å². The minimum atomic E-state index is -0.670. The summed E-state index contributed by atoms with van der Waals surface area (Å²) < 4.78 is 0. The van der Waals surface area contributed by atoms with Crippen molar-refractivity contribution in [1.29, 1.82) is 5.26 Å². The second kappa shape index (κ2) is 7.37. The molecule has 3 heteroatoms. The summed E-state index contributed by atoms with van der Waals surface area (Å²) in [6.45, 7) is 1.13. The predicted molar refractivity (Wildman–Crippen MR) is 81.7 cm³/mol. The van der Waals surface area contributed by atoms with Crippen molar-refractivity contribution in [3.8, 4) is 6.07 Å². The molecule has 0 aliphatic rings. The van der Waals surface area contributed by atoms with Gasteiger partial charge in [-0.3, -0.25) is 4.79 Å². The van der Waals surface area contributed by atoms with Gasteiger partial charge in [-0.1, -0.05) is 60.7 Å². The van der Waals surface area contributed by atoms with E-state index in [0.717, 1.165) is 17.0 Å². The standard InChI is InChI=1S/C18H18N2O/c1-20(13-15-8-4-2-5-9-15)14-18(21)17(12-19)16-10-6-3-7-11-16/h2-11,17H,13-14H2,1H3/p+1/t17-/m1/s1. The maximum atomic E-state index is 12.3. The molecule has 2 rings (SSSR count). The number of nitrogens with zero attached hydrogens (tertiary/aromatic N) is 1. The van der Waals surface area contributed by atoms with Crippen LogP contribution in [0.1, 0.15) is 17.0 Å². The van der Waals surface area contributed by atoms with Gasteiger partial charge in [0.05, 0.1) is 13.1 Å². The fourth-order valence-corrected chi connectivity index (χ4v) is 2.38. The molecule has 3 nitrogen and oxygen atoms in total. The van der Waals surface area contributed by atoms with E-state index < -0.39 is 5.92 Å². The van der Waals surface area contributed by atoms with Crippen LogP contribution in [0.3, 0.4) is 0 Å². The van der Waals surface area contributed by atoms with Crippen molar-refractivity contribution in [2.75, 3.05) is 13.6 Å². The lowest BCUT2D eigenvalue weighted by molar-refractivity contribution is -0.885. The first-order valence-corrected chi connectivity index (χ1v) is 7.03. The molecule has 0 radical (unpaired) electrons. The number of benzene rings is 2. The molecule has 21 heavy (non-hydrogen) atoms. The van der Waals surface area contributed by atoms with Gasteiger partial charge in [-0.05, 0) is 5.56 Å². The van der Waals surface area contributed by atoms with Crippen LogP contribution in [0.15, 0.2) is 60.7 Å². The largest absolute Gasteiger partial charge is 0.327 e. The maximum absolute atomic E-state index is 12.3. The Morgan fingerprint density at radius 1 is 1.10 bits per heavy atom. The van der Waals surface area contributed by atoms with Gasteiger partial charge in [0.2, 0.25) is 5.78 Å². The lowest BCUT2D eigenvalue weighted by Crippen LogP contribution is -3.08. The number of nitrogens with one attached hydrogen (secondary N) is 1. The Balaban J connectivity index is 1.98. The molecule has 0 bridgehead atoms. The lowest BCUT2D eigenvalue weighted by atomic mass is 9.96. The highest BCUT2D eigenvalue weighted by Gasteiger charge is 2.23. The third-order valence-electron chi connectivity index (χ3n) is 3.41. The maximum Gasteiger partial charge on any atom is 0.208 e. The number of nitriles is 1. The van der Waals surface area contributed by atoms with Gasteiger partial charge in [-0.15, -0.1) is 0 Å². The van der Waals surface area contributed by atoms with Crippen LogP contribution in [0.4, 0.5) is 0 Å². The third kappa shape index (κ3) is 4.27. The van der Waals surface area contributed by atoms with Crippen LogP contribution in [-0.4, -0.2) is 19.4 Å². The second-order valence-electron chi connectivity index (χ2n) is 5.24. The van der Waals surface area contributed by atoms with Gasteiger partial charge in [0.25, 0.3) is 0 Å². The van der Waals surface area contributed by atoms with Crippen LogP contribution in [0.25, 0.3) is 0 Å². The van der Waals surface area contributed by atoms with Crippen molar-refractivity contribution >= 4 is 5.78 Å². The van der Waals surface area contributed by atoms with E-state index in [9.17, 15) is 10.1 Å². The Bertz CT molecular complexity index is 617. The Hall–Kier alpha value is -2.44. The summed E-state index contributed by atoms with van der Waals surface area (Å²) >= 11 is 0. The number of Topliss-reactive ketones (excluding diaryl/α,β-unsaturated/α-hetero) is 1. The molecular weight excluding hydrogens is 260 g/mol. The molecule has 0 aliphatic carbocycles. The summed E-state index contributed by atoms with van der Waals surface area (Å²) in [7, 11) is 1.98. The smallest absolute Gasteiger partial charge is 0.208 e. The molecule has 0 fully saturated rings. The van der Waals surface area contributed by atoms with Crippen molar-refractivity contribution < 1.29 is 9.69 Å². The lowest BCUT2D eigenvalue weighted by Gasteiger charge is -2.15. The number of carbonyl (C=O) groups excluding carboxylic acids is 1. The van der Waals surface area contributed by atoms with E-state index in [-0.39, 0.29) is 5.78 Å². The highest BCUT2D eigenvalue weighted by molar-refractivity contribution is 5.89. The summed E-state index contributed by atoms with van der Waals surface area (Å²) in [5.74, 6) is -0.700. The van der Waals surface area contributed by atoms with Crippen LogP contribution >= 0.6 is 0 Å². The van der Waals surface area contributed by atoms with E-state index in [1.54, 1.807) is 0 Å². The molecule has 1 N–H and O–H groups in total. The van der Waals surface area contributed by atoms with E-state index in [1.807, 2.05) is 67.7 Å². The second-order valence-corrected chi connectivity index (χ2v) is 5.24. The molecule has 2 aromatic carbocycles. The minimum Gasteiger partial charge on any atom is -0.327 e. The first-order chi connectivity index (χ1) is 10.2. The molecule has 0 saturated carbocycles. The summed E-state index contributed by atoms with van der Waals surface area (Å²) in [6.07, 6.45) is 0. The number of hydrogen-bond acceptors (Lipinski definition) is 2. The van der Waals surface area contributed by atoms with Gasteiger partial charge in [-0.25, -0.2) is 0 Å². The molecule has 2 aromatic rings. The van der Waals surface area contributed by atoms with Crippen LogP contribution in [0.5, 0.6) is 0 Å². The minimum absolute atomic E-state index is 0.0304. The van der Waals surface area contributed by atoms with E-state index in [1.165, 1.54) is 5.56 Å². The zero-order valence-corrected chi connectivity index (χ0v) is 12.1. The number of rotatable bonds is 6. The van der Waals surface area contributed by atoms with Crippen LogP contribution < -0.4 is 4.90 Å². The molecule has 1 unspecified atom stereocenters. The van der Waals surface area contributed by atoms with E-state index in [4.69, 9.17) is 0 Å². The summed E-state index contributed by atoms with van der Waals surface area (Å²) in [5.41, 5.74) is 1.97. The van der Waals surface area contributed by atoms with Gasteiger partial charge in [-0.2, -0.15) is 5.26 Å². The first-order valence-electron chi connectivity index (χ1n) is 7.03. The number of hydrogen-bond donors (Lipinski definition) is 1. The third-order valence-corrected chi connectivity index (χ3v) is 3.41. The van der Waals surface area contributed by atoms with Crippen molar-refractivity contribution in [2.45, 2.75) is 12.5 Å². The van der Waals surface area contributed by atoms with Gasteiger partial charge < -0.3 is 4.90 Å². The van der Waals surface area contributed by atoms with Crippen LogP contribution in [0, 0.1) is 11.3 Å². The topological polar surface area (TPSA) is 45.3 Å². The summed E-state index contributed by atoms with van der Waals surface area (Å²) in [4.78, 5) is 13.4. The summed E-state index contributed by atoms with van der Waals surface area (Å²) in [6, 6.07) is 21.4. The average molecular weight is 279 g/mol. The molecule has 2 atom stereocenters. The Labute approximate surface area is 125 Å². The fourth-order valence-electron chi connectivity index (χ4n) is 2.38. The fraction of sp³-hybridized carbons (Fsp3) is 0.222. The molecule has 0 spiro atoms. The molecular formula is C18H19N2O+. The molecule has 106 valence electrons. The normalized spacial score (nSPS) is 13.1. The van der Waals surface area contributed by atoms with Crippen LogP contribution in [0.2, 0.25) is 0 Å². The highest BCUT2D eigenvalue weighted by atomic mass is 16.1. The Kier molecular flexibility index (Phi) is 5.25. The Morgan fingerprint density at radius 3 is 2.24 bits per heavy atom. The number of ketones is 1. The van der Waals surface area contributed by atoms with E-state index in [2.05, 4.69) is 6.07 Å². The van der Waals surface area contributed by atoms with Gasteiger partial charge >= 0.3 is 0 Å². The Morgan fingerprint density at radius 2 is 1.67 bits per heavy atom.